The van der Waals surface area contributed by atoms with Gasteiger partial charge in [-0.05, 0) is 38.5 Å². The van der Waals surface area contributed by atoms with E-state index in [0.29, 0.717) is 30.1 Å². The molecule has 1 amide bonds. The third kappa shape index (κ3) is 4.19. The second-order valence-electron chi connectivity index (χ2n) is 6.19. The van der Waals surface area contributed by atoms with Crippen molar-refractivity contribution in [2.75, 3.05) is 11.5 Å². The second kappa shape index (κ2) is 6.87. The number of carbonyl (C=O) groups is 1. The van der Waals surface area contributed by atoms with Gasteiger partial charge in [0.25, 0.3) is 5.91 Å². The van der Waals surface area contributed by atoms with Crippen LogP contribution in [0.5, 0.6) is 5.75 Å². The van der Waals surface area contributed by atoms with Gasteiger partial charge in [0, 0.05) is 11.6 Å². The summed E-state index contributed by atoms with van der Waals surface area (Å²) >= 11 is 0. The van der Waals surface area contributed by atoms with E-state index < -0.39 is 9.84 Å². The molecule has 1 fully saturated rings. The van der Waals surface area contributed by atoms with Crippen LogP contribution < -0.4 is 10.1 Å². The van der Waals surface area contributed by atoms with Gasteiger partial charge < -0.3 is 14.6 Å². The molecular formula is C17H20N2O5S. The number of aryl methyl sites for hydroxylation is 2. The number of benzene rings is 1. The van der Waals surface area contributed by atoms with E-state index >= 15 is 0 Å². The third-order valence-electron chi connectivity index (χ3n) is 4.23. The molecule has 134 valence electrons. The molecule has 1 unspecified atom stereocenters. The smallest absolute Gasteiger partial charge is 0.251 e. The maximum absolute atomic E-state index is 12.3. The van der Waals surface area contributed by atoms with Crippen LogP contribution in [0, 0.1) is 13.8 Å². The molecule has 2 heterocycles. The third-order valence-corrected chi connectivity index (χ3v) is 6.00. The highest BCUT2D eigenvalue weighted by Crippen LogP contribution is 2.19. The van der Waals surface area contributed by atoms with Gasteiger partial charge in [0.05, 0.1) is 22.8 Å². The molecule has 0 aliphatic carbocycles. The number of ether oxygens (including phenoxy) is 1. The zero-order valence-corrected chi connectivity index (χ0v) is 14.9. The van der Waals surface area contributed by atoms with Crippen molar-refractivity contribution in [3.63, 3.8) is 0 Å². The number of aromatic nitrogens is 1. The Bertz CT molecular complexity index is 869. The fourth-order valence-corrected chi connectivity index (χ4v) is 4.44. The number of amides is 1. The van der Waals surface area contributed by atoms with Crippen molar-refractivity contribution in [1.29, 1.82) is 0 Å². The van der Waals surface area contributed by atoms with Crippen LogP contribution in [0.15, 0.2) is 28.8 Å². The van der Waals surface area contributed by atoms with E-state index in [2.05, 4.69) is 10.5 Å². The number of nitrogens with zero attached hydrogens (tertiary/aromatic N) is 1. The molecule has 0 bridgehead atoms. The minimum atomic E-state index is -3.03. The second-order valence-corrected chi connectivity index (χ2v) is 8.42. The lowest BCUT2D eigenvalue weighted by molar-refractivity contribution is 0.0940. The van der Waals surface area contributed by atoms with Crippen LogP contribution in [-0.2, 0) is 16.4 Å². The zero-order chi connectivity index (χ0) is 18.0. The number of hydrogen-bond acceptors (Lipinski definition) is 6. The molecule has 1 saturated heterocycles. The average molecular weight is 364 g/mol. The standard InChI is InChI=1S/C17H20N2O5S/c1-11-16(12(2)24-19-11)9-23-15-5-3-4-13(8-15)17(20)18-14-6-7-25(21,22)10-14/h3-5,8,14H,6-7,9-10H2,1-2H3,(H,18,20). The van der Waals surface area contributed by atoms with Gasteiger partial charge in [0.1, 0.15) is 18.1 Å². The van der Waals surface area contributed by atoms with E-state index in [9.17, 15) is 13.2 Å². The molecule has 1 aromatic heterocycles. The maximum atomic E-state index is 12.3. The fraction of sp³-hybridized carbons (Fsp3) is 0.412. The first kappa shape index (κ1) is 17.5. The monoisotopic (exact) mass is 364 g/mol. The average Bonchev–Trinajstić information content (AvgIpc) is 3.07. The molecule has 0 radical (unpaired) electrons. The van der Waals surface area contributed by atoms with Crippen molar-refractivity contribution in [2.24, 2.45) is 0 Å². The molecular weight excluding hydrogens is 344 g/mol. The summed E-state index contributed by atoms with van der Waals surface area (Å²) < 4.78 is 33.8. The molecule has 7 nitrogen and oxygen atoms in total. The Labute approximate surface area is 146 Å². The predicted molar refractivity (Wildman–Crippen MR) is 91.3 cm³/mol. The molecule has 1 aromatic carbocycles. The van der Waals surface area contributed by atoms with Crippen LogP contribution in [0.2, 0.25) is 0 Å². The normalized spacial score (nSPS) is 18.9. The number of sulfone groups is 1. The van der Waals surface area contributed by atoms with Crippen molar-refractivity contribution < 1.29 is 22.5 Å². The van der Waals surface area contributed by atoms with E-state index in [1.165, 1.54) is 0 Å². The maximum Gasteiger partial charge on any atom is 0.251 e. The van der Waals surface area contributed by atoms with Crippen LogP contribution in [-0.4, -0.2) is 37.0 Å². The Hall–Kier alpha value is -2.35. The molecule has 8 heteroatoms. The lowest BCUT2D eigenvalue weighted by atomic mass is 10.1. The Morgan fingerprint density at radius 3 is 2.84 bits per heavy atom. The Morgan fingerprint density at radius 2 is 2.20 bits per heavy atom. The highest BCUT2D eigenvalue weighted by atomic mass is 32.2. The minimum absolute atomic E-state index is 0.000966. The molecule has 1 aliphatic heterocycles. The summed E-state index contributed by atoms with van der Waals surface area (Å²) in [5.41, 5.74) is 2.08. The van der Waals surface area contributed by atoms with Crippen molar-refractivity contribution in [2.45, 2.75) is 32.9 Å². The fourth-order valence-electron chi connectivity index (χ4n) is 2.77. The van der Waals surface area contributed by atoms with Crippen molar-refractivity contribution in [3.05, 3.63) is 46.8 Å². The molecule has 2 aromatic rings. The van der Waals surface area contributed by atoms with Crippen molar-refractivity contribution in [3.8, 4) is 5.75 Å². The topological polar surface area (TPSA) is 98.5 Å². The largest absolute Gasteiger partial charge is 0.489 e. The Balaban J connectivity index is 1.64. The first-order chi connectivity index (χ1) is 11.8. The Morgan fingerprint density at radius 1 is 1.40 bits per heavy atom. The molecule has 3 rings (SSSR count). The van der Waals surface area contributed by atoms with Crippen LogP contribution in [0.25, 0.3) is 0 Å². The van der Waals surface area contributed by atoms with Crippen molar-refractivity contribution in [1.82, 2.24) is 10.5 Å². The van der Waals surface area contributed by atoms with Gasteiger partial charge in [-0.2, -0.15) is 0 Å². The molecule has 1 N–H and O–H groups in total. The van der Waals surface area contributed by atoms with E-state index in [1.54, 1.807) is 24.3 Å². The van der Waals surface area contributed by atoms with Crippen LogP contribution in [0.4, 0.5) is 0 Å². The highest BCUT2D eigenvalue weighted by Gasteiger charge is 2.29. The molecule has 25 heavy (non-hydrogen) atoms. The first-order valence-corrected chi connectivity index (χ1v) is 9.82. The van der Waals surface area contributed by atoms with Gasteiger partial charge >= 0.3 is 0 Å². The van der Waals surface area contributed by atoms with Crippen LogP contribution in [0.3, 0.4) is 0 Å². The number of rotatable bonds is 5. The predicted octanol–water partition coefficient (Wildman–Crippen LogP) is 1.79. The first-order valence-electron chi connectivity index (χ1n) is 8.00. The van der Waals surface area contributed by atoms with E-state index in [4.69, 9.17) is 9.26 Å². The van der Waals surface area contributed by atoms with Gasteiger partial charge in [-0.15, -0.1) is 0 Å². The lowest BCUT2D eigenvalue weighted by Crippen LogP contribution is -2.35. The quantitative estimate of drug-likeness (QED) is 0.868. The van der Waals surface area contributed by atoms with Gasteiger partial charge in [-0.25, -0.2) is 8.42 Å². The van der Waals surface area contributed by atoms with Gasteiger partial charge in [-0.3, -0.25) is 4.79 Å². The van der Waals surface area contributed by atoms with E-state index in [1.807, 2.05) is 13.8 Å². The molecule has 1 atom stereocenters. The summed E-state index contributed by atoms with van der Waals surface area (Å²) in [4.78, 5) is 12.3. The van der Waals surface area contributed by atoms with Gasteiger partial charge in [-0.1, -0.05) is 11.2 Å². The van der Waals surface area contributed by atoms with Crippen LogP contribution >= 0.6 is 0 Å². The molecule has 0 spiro atoms. The van der Waals surface area contributed by atoms with E-state index in [-0.39, 0.29) is 23.5 Å². The summed E-state index contributed by atoms with van der Waals surface area (Å²) in [6.45, 7) is 3.96. The Kier molecular flexibility index (Phi) is 4.80. The zero-order valence-electron chi connectivity index (χ0n) is 14.1. The SMILES string of the molecule is Cc1noc(C)c1COc1cccc(C(=O)NC2CCS(=O)(=O)C2)c1. The number of hydrogen-bond donors (Lipinski definition) is 1. The summed E-state index contributed by atoms with van der Waals surface area (Å²) in [6, 6.07) is 6.46. The summed E-state index contributed by atoms with van der Waals surface area (Å²) in [5, 5.41) is 6.64. The number of carbonyl (C=O) groups excluding carboxylic acids is 1. The van der Waals surface area contributed by atoms with E-state index in [0.717, 1.165) is 11.3 Å². The van der Waals surface area contributed by atoms with Crippen LogP contribution in [0.1, 0.15) is 33.8 Å². The number of nitrogens with one attached hydrogen (secondary N) is 1. The molecule has 0 saturated carbocycles. The highest BCUT2D eigenvalue weighted by molar-refractivity contribution is 7.91. The minimum Gasteiger partial charge on any atom is -0.489 e. The lowest BCUT2D eigenvalue weighted by Gasteiger charge is -2.12. The summed E-state index contributed by atoms with van der Waals surface area (Å²) in [5.74, 6) is 1.07. The summed E-state index contributed by atoms with van der Waals surface area (Å²) in [6.07, 6.45) is 0.455. The van der Waals surface area contributed by atoms with Gasteiger partial charge in [0.15, 0.2) is 9.84 Å². The molecule has 1 aliphatic rings. The summed E-state index contributed by atoms with van der Waals surface area (Å²) in [7, 11) is -3.03. The van der Waals surface area contributed by atoms with Gasteiger partial charge in [0.2, 0.25) is 0 Å². The van der Waals surface area contributed by atoms with Crippen molar-refractivity contribution >= 4 is 15.7 Å².